The van der Waals surface area contributed by atoms with E-state index in [1.807, 2.05) is 12.1 Å². The second-order valence-electron chi connectivity index (χ2n) is 8.07. The van der Waals surface area contributed by atoms with Gasteiger partial charge >= 0.3 is 5.69 Å². The minimum absolute atomic E-state index is 0.0259. The first-order chi connectivity index (χ1) is 15.6. The number of fused-ring (bicyclic) bond motifs is 2. The second kappa shape index (κ2) is 9.69. The Balaban J connectivity index is 0.000000775. The Labute approximate surface area is 185 Å². The molecule has 0 atom stereocenters. The maximum Gasteiger partial charge on any atom is 0.323 e. The van der Waals surface area contributed by atoms with E-state index in [-0.39, 0.29) is 18.1 Å². The first-order valence-corrected chi connectivity index (χ1v) is 10.7. The molecule has 9 heteroatoms. The Morgan fingerprint density at radius 1 is 1.06 bits per heavy atom. The Morgan fingerprint density at radius 3 is 2.44 bits per heavy atom. The summed E-state index contributed by atoms with van der Waals surface area (Å²) in [5.41, 5.74) is 5.66. The van der Waals surface area contributed by atoms with E-state index < -0.39 is 0 Å². The van der Waals surface area contributed by atoms with E-state index in [0.29, 0.717) is 12.1 Å². The van der Waals surface area contributed by atoms with Crippen LogP contribution in [0.25, 0.3) is 11.0 Å². The van der Waals surface area contributed by atoms with Crippen molar-refractivity contribution in [1.29, 1.82) is 0 Å². The van der Waals surface area contributed by atoms with Crippen LogP contribution in [0, 0.1) is 0 Å². The fraction of sp³-hybridized carbons (Fsp3) is 0.348. The van der Waals surface area contributed by atoms with Crippen LogP contribution >= 0.6 is 0 Å². The van der Waals surface area contributed by atoms with Crippen molar-refractivity contribution in [2.45, 2.75) is 25.8 Å². The number of anilines is 2. The molecule has 0 unspecified atom stereocenters. The molecular weight excluding hydrogens is 410 g/mol. The molecule has 0 spiro atoms. The fourth-order valence-corrected chi connectivity index (χ4v) is 4.47. The highest BCUT2D eigenvalue weighted by Crippen LogP contribution is 2.32. The van der Waals surface area contributed by atoms with Gasteiger partial charge in [0.25, 0.3) is 6.47 Å². The molecule has 168 valence electrons. The number of rotatable bonds is 4. The standard InChI is InChI=1S/C22H25N5O2.CH2O2/c28-21(14-26-10-7-15-5-1-2-6-16(15)13-26)23-19-11-17-18(25-22(29)24-17)12-20(19)27-8-3-4-9-27;2-1-3/h1-2,5-6,11-12H,3-4,7-10,13-14H2,(H,23,28)(H2,24,25,29);1H,(H,2,3). The molecule has 32 heavy (non-hydrogen) atoms. The number of H-pyrrole nitrogens is 2. The van der Waals surface area contributed by atoms with E-state index in [9.17, 15) is 9.59 Å². The van der Waals surface area contributed by atoms with Crippen molar-refractivity contribution in [3.8, 4) is 0 Å². The van der Waals surface area contributed by atoms with Crippen molar-refractivity contribution in [2.75, 3.05) is 36.4 Å². The van der Waals surface area contributed by atoms with Gasteiger partial charge in [-0.15, -0.1) is 0 Å². The zero-order valence-electron chi connectivity index (χ0n) is 17.8. The van der Waals surface area contributed by atoms with Crippen LogP contribution in [0.3, 0.4) is 0 Å². The fourth-order valence-electron chi connectivity index (χ4n) is 4.47. The van der Waals surface area contributed by atoms with Crippen molar-refractivity contribution < 1.29 is 14.7 Å². The molecule has 1 aromatic heterocycles. The van der Waals surface area contributed by atoms with E-state index >= 15 is 0 Å². The molecule has 5 rings (SSSR count). The Kier molecular flexibility index (Phi) is 6.55. The molecule has 3 heterocycles. The molecule has 4 N–H and O–H groups in total. The molecule has 2 aliphatic heterocycles. The third-order valence-corrected chi connectivity index (χ3v) is 5.93. The number of carbonyl (C=O) groups is 2. The van der Waals surface area contributed by atoms with E-state index in [2.05, 4.69) is 49.4 Å². The number of hydrogen-bond acceptors (Lipinski definition) is 5. The lowest BCUT2D eigenvalue weighted by Gasteiger charge is -2.28. The predicted octanol–water partition coefficient (Wildman–Crippen LogP) is 2.15. The molecule has 0 radical (unpaired) electrons. The van der Waals surface area contributed by atoms with E-state index in [1.165, 1.54) is 11.1 Å². The highest BCUT2D eigenvalue weighted by molar-refractivity contribution is 5.99. The van der Waals surface area contributed by atoms with Crippen LogP contribution in [0.15, 0.2) is 41.2 Å². The zero-order chi connectivity index (χ0) is 22.5. The maximum absolute atomic E-state index is 12.9. The van der Waals surface area contributed by atoms with Gasteiger partial charge < -0.3 is 25.3 Å². The van der Waals surface area contributed by atoms with Gasteiger partial charge in [-0.1, -0.05) is 24.3 Å². The van der Waals surface area contributed by atoms with Crippen LogP contribution in [-0.2, 0) is 22.6 Å². The van der Waals surface area contributed by atoms with Gasteiger partial charge in [-0.3, -0.25) is 14.5 Å². The van der Waals surface area contributed by atoms with Gasteiger partial charge in [-0.05, 0) is 42.5 Å². The van der Waals surface area contributed by atoms with Crippen LogP contribution in [0.4, 0.5) is 11.4 Å². The number of imidazole rings is 1. The van der Waals surface area contributed by atoms with Crippen LogP contribution < -0.4 is 15.9 Å². The molecule has 2 aliphatic rings. The molecule has 1 saturated heterocycles. The van der Waals surface area contributed by atoms with Crippen molar-refractivity contribution in [3.63, 3.8) is 0 Å². The SMILES string of the molecule is O=C(CN1CCc2ccccc2C1)Nc1cc2[nH]c(=O)[nH]c2cc1N1CCCC1.O=CO. The number of aromatic amines is 2. The van der Waals surface area contributed by atoms with Crippen molar-refractivity contribution >= 4 is 34.8 Å². The highest BCUT2D eigenvalue weighted by Gasteiger charge is 2.21. The normalized spacial score (nSPS) is 15.7. The summed E-state index contributed by atoms with van der Waals surface area (Å²) in [6.45, 7) is 3.72. The van der Waals surface area contributed by atoms with Crippen molar-refractivity contribution in [3.05, 3.63) is 58.0 Å². The van der Waals surface area contributed by atoms with Gasteiger partial charge in [0.05, 0.1) is 29.0 Å². The number of carboxylic acid groups (broad SMARTS) is 1. The molecule has 0 saturated carbocycles. The van der Waals surface area contributed by atoms with Crippen LogP contribution in [0.5, 0.6) is 0 Å². The van der Waals surface area contributed by atoms with E-state index in [4.69, 9.17) is 9.90 Å². The molecule has 3 aromatic rings. The van der Waals surface area contributed by atoms with Crippen LogP contribution in [-0.4, -0.2) is 58.5 Å². The number of hydrogen-bond donors (Lipinski definition) is 4. The Morgan fingerprint density at radius 2 is 1.72 bits per heavy atom. The van der Waals surface area contributed by atoms with Gasteiger partial charge in [-0.25, -0.2) is 4.79 Å². The van der Waals surface area contributed by atoms with Gasteiger partial charge in [0.1, 0.15) is 0 Å². The molecule has 2 aromatic carbocycles. The minimum Gasteiger partial charge on any atom is -0.483 e. The van der Waals surface area contributed by atoms with Gasteiger partial charge in [-0.2, -0.15) is 0 Å². The quantitative estimate of drug-likeness (QED) is 0.464. The first kappa shape index (κ1) is 21.6. The zero-order valence-corrected chi connectivity index (χ0v) is 17.8. The smallest absolute Gasteiger partial charge is 0.323 e. The summed E-state index contributed by atoms with van der Waals surface area (Å²) in [7, 11) is 0. The largest absolute Gasteiger partial charge is 0.483 e. The minimum atomic E-state index is -0.250. The lowest BCUT2D eigenvalue weighted by atomic mass is 10.00. The average Bonchev–Trinajstić information content (AvgIpc) is 3.42. The number of nitrogens with zero attached hydrogens (tertiary/aromatic N) is 2. The summed E-state index contributed by atoms with van der Waals surface area (Å²) in [5.74, 6) is -0.0259. The van der Waals surface area contributed by atoms with Gasteiger partial charge in [0.15, 0.2) is 0 Å². The number of amides is 1. The number of nitrogens with one attached hydrogen (secondary N) is 3. The number of aromatic nitrogens is 2. The third kappa shape index (κ3) is 4.83. The van der Waals surface area contributed by atoms with E-state index in [0.717, 1.165) is 62.3 Å². The Hall–Kier alpha value is -3.59. The lowest BCUT2D eigenvalue weighted by molar-refractivity contribution is -0.123. The summed E-state index contributed by atoms with van der Waals surface area (Å²) in [5, 5.41) is 9.99. The summed E-state index contributed by atoms with van der Waals surface area (Å²) >= 11 is 0. The third-order valence-electron chi connectivity index (χ3n) is 5.93. The summed E-state index contributed by atoms with van der Waals surface area (Å²) in [6, 6.07) is 12.3. The van der Waals surface area contributed by atoms with E-state index in [1.54, 1.807) is 0 Å². The molecule has 9 nitrogen and oxygen atoms in total. The molecule has 0 aliphatic carbocycles. The van der Waals surface area contributed by atoms with Crippen LogP contribution in [0.1, 0.15) is 24.0 Å². The van der Waals surface area contributed by atoms with Gasteiger partial charge in [0, 0.05) is 26.2 Å². The topological polar surface area (TPSA) is 122 Å². The monoisotopic (exact) mass is 437 g/mol. The number of benzene rings is 2. The molecular formula is C23H27N5O4. The van der Waals surface area contributed by atoms with Crippen molar-refractivity contribution in [2.24, 2.45) is 0 Å². The summed E-state index contributed by atoms with van der Waals surface area (Å²) < 4.78 is 0. The van der Waals surface area contributed by atoms with Gasteiger partial charge in [0.2, 0.25) is 5.91 Å². The lowest BCUT2D eigenvalue weighted by Crippen LogP contribution is -2.37. The molecule has 1 amide bonds. The second-order valence-corrected chi connectivity index (χ2v) is 8.07. The Bertz CT molecular complexity index is 1160. The maximum atomic E-state index is 12.9. The number of carbonyl (C=O) groups excluding carboxylic acids is 1. The summed E-state index contributed by atoms with van der Waals surface area (Å²) in [6.07, 6.45) is 3.25. The molecule has 0 bridgehead atoms. The molecule has 1 fully saturated rings. The van der Waals surface area contributed by atoms with Crippen molar-refractivity contribution in [1.82, 2.24) is 14.9 Å². The van der Waals surface area contributed by atoms with Crippen LogP contribution in [0.2, 0.25) is 0 Å². The highest BCUT2D eigenvalue weighted by atomic mass is 16.3. The summed E-state index contributed by atoms with van der Waals surface area (Å²) in [4.78, 5) is 43.0. The first-order valence-electron chi connectivity index (χ1n) is 10.7. The average molecular weight is 438 g/mol. The predicted molar refractivity (Wildman–Crippen MR) is 123 cm³/mol.